The van der Waals surface area contributed by atoms with E-state index in [0.717, 1.165) is 38.6 Å². The van der Waals surface area contributed by atoms with E-state index < -0.39 is 0 Å². The molecule has 2 aliphatic rings. The van der Waals surface area contributed by atoms with E-state index >= 15 is 0 Å². The number of hydrogen-bond acceptors (Lipinski definition) is 2. The van der Waals surface area contributed by atoms with E-state index in [2.05, 4.69) is 80.8 Å². The van der Waals surface area contributed by atoms with E-state index in [0.29, 0.717) is 12.3 Å². The predicted octanol–water partition coefficient (Wildman–Crippen LogP) is 6.25. The summed E-state index contributed by atoms with van der Waals surface area (Å²) < 4.78 is 0. The maximum absolute atomic E-state index is 13.7. The maximum atomic E-state index is 13.7. The van der Waals surface area contributed by atoms with E-state index in [1.807, 2.05) is 0 Å². The van der Waals surface area contributed by atoms with Crippen LogP contribution in [0.1, 0.15) is 90.3 Å². The van der Waals surface area contributed by atoms with Gasteiger partial charge in [0.2, 0.25) is 5.91 Å². The van der Waals surface area contributed by atoms with Crippen molar-refractivity contribution in [2.24, 2.45) is 5.41 Å². The third-order valence-corrected chi connectivity index (χ3v) is 8.32. The zero-order chi connectivity index (χ0) is 23.1. The molecule has 0 bridgehead atoms. The molecule has 2 heterocycles. The van der Waals surface area contributed by atoms with Crippen molar-refractivity contribution >= 4 is 16.8 Å². The van der Waals surface area contributed by atoms with Gasteiger partial charge in [-0.05, 0) is 69.7 Å². The van der Waals surface area contributed by atoms with Crippen LogP contribution in [0, 0.1) is 5.41 Å². The molecule has 1 spiro atoms. The minimum absolute atomic E-state index is 0.00217. The van der Waals surface area contributed by atoms with Crippen molar-refractivity contribution in [2.75, 3.05) is 20.6 Å². The summed E-state index contributed by atoms with van der Waals surface area (Å²) in [4.78, 5) is 22.3. The second kappa shape index (κ2) is 8.52. The van der Waals surface area contributed by atoms with Crippen LogP contribution in [-0.2, 0) is 16.8 Å². The van der Waals surface area contributed by atoms with Gasteiger partial charge in [0.25, 0.3) is 0 Å². The summed E-state index contributed by atoms with van der Waals surface area (Å²) in [5, 5.41) is 1.35. The summed E-state index contributed by atoms with van der Waals surface area (Å²) in [6.45, 7) is 9.67. The summed E-state index contributed by atoms with van der Waals surface area (Å²) >= 11 is 0. The van der Waals surface area contributed by atoms with E-state index in [4.69, 9.17) is 0 Å². The Hall–Kier alpha value is -1.81. The molecule has 0 atom stereocenters. The molecular weight excluding hydrogens is 394 g/mol. The first-order chi connectivity index (χ1) is 15.1. The zero-order valence-electron chi connectivity index (χ0n) is 21.2. The quantitative estimate of drug-likeness (QED) is 0.600. The van der Waals surface area contributed by atoms with Crippen LogP contribution >= 0.6 is 0 Å². The minimum atomic E-state index is -0.194. The van der Waals surface area contributed by atoms with Crippen LogP contribution in [0.3, 0.4) is 0 Å². The third-order valence-electron chi connectivity index (χ3n) is 8.32. The van der Waals surface area contributed by atoms with Gasteiger partial charge in [0.05, 0.1) is 5.54 Å². The Bertz CT molecular complexity index is 957. The van der Waals surface area contributed by atoms with Crippen molar-refractivity contribution in [1.29, 1.82) is 0 Å². The van der Waals surface area contributed by atoms with Crippen LogP contribution in [0.4, 0.5) is 0 Å². The fourth-order valence-electron chi connectivity index (χ4n) is 6.42. The van der Waals surface area contributed by atoms with Crippen molar-refractivity contribution in [1.82, 2.24) is 14.8 Å². The lowest BCUT2D eigenvalue weighted by atomic mass is 9.65. The molecule has 1 aliphatic heterocycles. The van der Waals surface area contributed by atoms with Gasteiger partial charge in [0, 0.05) is 35.1 Å². The maximum Gasteiger partial charge on any atom is 0.223 e. The SMILES string of the molecule is CCCCC1(N(C)C)CCC2(CC1)c1[nH]c3ccccc3c1CCN2C(=O)CC(C)(C)C. The second-order valence-corrected chi connectivity index (χ2v) is 11.8. The Balaban J connectivity index is 1.75. The molecule has 0 unspecified atom stereocenters. The van der Waals surface area contributed by atoms with Gasteiger partial charge in [-0.1, -0.05) is 58.7 Å². The predicted molar refractivity (Wildman–Crippen MR) is 134 cm³/mol. The first-order valence-electron chi connectivity index (χ1n) is 12.7. The molecule has 32 heavy (non-hydrogen) atoms. The normalized spacial score (nSPS) is 26.2. The standard InChI is InChI=1S/C28H43N3O/c1-7-8-14-27(30(5)6)15-17-28(18-16-27)25-22(21-11-9-10-12-23(21)29-25)13-19-31(28)24(32)20-26(2,3)4/h9-12,29H,7-8,13-20H2,1-6H3. The van der Waals surface area contributed by atoms with Crippen molar-refractivity contribution in [3.8, 4) is 0 Å². The third kappa shape index (κ3) is 4.00. The van der Waals surface area contributed by atoms with Crippen LogP contribution < -0.4 is 0 Å². The number of fused-ring (bicyclic) bond motifs is 4. The Morgan fingerprint density at radius 2 is 1.81 bits per heavy atom. The fraction of sp³-hybridized carbons (Fsp3) is 0.679. The first kappa shape index (κ1) is 23.4. The number of rotatable bonds is 5. The lowest BCUT2D eigenvalue weighted by molar-refractivity contribution is -0.145. The molecule has 4 nitrogen and oxygen atoms in total. The number of amides is 1. The Labute approximate surface area is 194 Å². The van der Waals surface area contributed by atoms with E-state index in [9.17, 15) is 4.79 Å². The van der Waals surface area contributed by atoms with E-state index in [1.165, 1.54) is 41.4 Å². The number of carbonyl (C=O) groups is 1. The van der Waals surface area contributed by atoms with E-state index in [1.54, 1.807) is 0 Å². The molecule has 1 fully saturated rings. The van der Waals surface area contributed by atoms with Crippen LogP contribution in [0.15, 0.2) is 24.3 Å². The second-order valence-electron chi connectivity index (χ2n) is 11.8. The number of unbranched alkanes of at least 4 members (excludes halogenated alkanes) is 1. The molecule has 4 heteroatoms. The highest BCUT2D eigenvalue weighted by atomic mass is 16.2. The minimum Gasteiger partial charge on any atom is -0.356 e. The molecule has 1 aromatic heterocycles. The van der Waals surface area contributed by atoms with Gasteiger partial charge in [0.1, 0.15) is 0 Å². The van der Waals surface area contributed by atoms with Gasteiger partial charge in [-0.15, -0.1) is 0 Å². The summed E-state index contributed by atoms with van der Waals surface area (Å²) in [5.41, 5.74) is 4.06. The molecule has 0 saturated heterocycles. The average molecular weight is 438 g/mol. The number of H-pyrrole nitrogens is 1. The summed E-state index contributed by atoms with van der Waals surface area (Å²) in [6, 6.07) is 8.70. The first-order valence-corrected chi connectivity index (χ1v) is 12.7. The van der Waals surface area contributed by atoms with Crippen molar-refractivity contribution in [3.63, 3.8) is 0 Å². The Morgan fingerprint density at radius 1 is 1.12 bits per heavy atom. The average Bonchev–Trinajstić information content (AvgIpc) is 3.12. The molecule has 0 radical (unpaired) electrons. The number of aromatic nitrogens is 1. The van der Waals surface area contributed by atoms with Gasteiger partial charge >= 0.3 is 0 Å². The van der Waals surface area contributed by atoms with Gasteiger partial charge in [-0.25, -0.2) is 0 Å². The number of carbonyl (C=O) groups excluding carboxylic acids is 1. The van der Waals surface area contributed by atoms with Gasteiger partial charge in [-0.3, -0.25) is 4.79 Å². The molecular formula is C28H43N3O. The van der Waals surface area contributed by atoms with Crippen LogP contribution in [0.5, 0.6) is 0 Å². The highest BCUT2D eigenvalue weighted by Gasteiger charge is 2.52. The van der Waals surface area contributed by atoms with Crippen LogP contribution in [0.2, 0.25) is 0 Å². The van der Waals surface area contributed by atoms with Gasteiger partial charge in [0.15, 0.2) is 0 Å². The van der Waals surface area contributed by atoms with Crippen molar-refractivity contribution in [2.45, 2.75) is 96.6 Å². The topological polar surface area (TPSA) is 39.3 Å². The molecule has 1 aliphatic carbocycles. The molecule has 176 valence electrons. The molecule has 2 aromatic rings. The van der Waals surface area contributed by atoms with Crippen molar-refractivity contribution < 1.29 is 4.79 Å². The summed E-state index contributed by atoms with van der Waals surface area (Å²) in [7, 11) is 4.51. The van der Waals surface area contributed by atoms with Gasteiger partial charge in [-0.2, -0.15) is 0 Å². The molecule has 1 aromatic carbocycles. The van der Waals surface area contributed by atoms with Gasteiger partial charge < -0.3 is 14.8 Å². The Morgan fingerprint density at radius 3 is 2.44 bits per heavy atom. The number of hydrogen-bond donors (Lipinski definition) is 1. The molecule has 1 N–H and O–H groups in total. The number of nitrogens with one attached hydrogen (secondary N) is 1. The fourth-order valence-corrected chi connectivity index (χ4v) is 6.42. The number of nitrogens with zero attached hydrogens (tertiary/aromatic N) is 2. The molecule has 1 amide bonds. The lowest BCUT2D eigenvalue weighted by Crippen LogP contribution is -2.59. The smallest absolute Gasteiger partial charge is 0.223 e. The Kier molecular flexibility index (Phi) is 6.21. The monoisotopic (exact) mass is 437 g/mol. The number of aromatic amines is 1. The summed E-state index contributed by atoms with van der Waals surface area (Å²) in [5.74, 6) is 0.327. The summed E-state index contributed by atoms with van der Waals surface area (Å²) in [6.07, 6.45) is 9.71. The van der Waals surface area contributed by atoms with Crippen LogP contribution in [0.25, 0.3) is 10.9 Å². The largest absolute Gasteiger partial charge is 0.356 e. The molecule has 1 saturated carbocycles. The highest BCUT2D eigenvalue weighted by molar-refractivity contribution is 5.87. The lowest BCUT2D eigenvalue weighted by Gasteiger charge is -2.55. The van der Waals surface area contributed by atoms with E-state index in [-0.39, 0.29) is 16.5 Å². The van der Waals surface area contributed by atoms with Crippen molar-refractivity contribution in [3.05, 3.63) is 35.5 Å². The zero-order valence-corrected chi connectivity index (χ0v) is 21.2. The van der Waals surface area contributed by atoms with Crippen LogP contribution in [-0.4, -0.2) is 46.9 Å². The highest BCUT2D eigenvalue weighted by Crippen LogP contribution is 2.52. The number of para-hydroxylation sites is 1. The number of benzene rings is 1. The molecule has 4 rings (SSSR count).